The molecule has 0 amide bonds. The van der Waals surface area contributed by atoms with Crippen LogP contribution in [0.5, 0.6) is 5.75 Å². The maximum absolute atomic E-state index is 5.71. The van der Waals surface area contributed by atoms with Crippen molar-refractivity contribution in [2.45, 2.75) is 59.0 Å². The topological polar surface area (TPSA) is 34.2 Å². The summed E-state index contributed by atoms with van der Waals surface area (Å²) in [7, 11) is 0. The lowest BCUT2D eigenvalue weighted by Gasteiger charge is -2.25. The van der Waals surface area contributed by atoms with E-state index in [0.29, 0.717) is 0 Å². The van der Waals surface area contributed by atoms with Crippen LogP contribution in [0.3, 0.4) is 0 Å². The fourth-order valence-corrected chi connectivity index (χ4v) is 1.97. The first-order valence-corrected chi connectivity index (χ1v) is 7.28. The standard InChI is InChI=1S/C16H28N2O/c1-6-8-17-9-7-16(4,5)14-10-15(12-18-11-14)19-13(2)3/h10-13,17H,6-9H2,1-5H3. The van der Waals surface area contributed by atoms with Crippen molar-refractivity contribution in [2.75, 3.05) is 13.1 Å². The van der Waals surface area contributed by atoms with E-state index in [0.717, 1.165) is 25.3 Å². The van der Waals surface area contributed by atoms with E-state index in [9.17, 15) is 0 Å². The number of rotatable bonds is 8. The van der Waals surface area contributed by atoms with Crippen LogP contribution in [0, 0.1) is 0 Å². The highest BCUT2D eigenvalue weighted by atomic mass is 16.5. The molecule has 3 nitrogen and oxygen atoms in total. The van der Waals surface area contributed by atoms with Crippen LogP contribution >= 0.6 is 0 Å². The first-order chi connectivity index (χ1) is 8.95. The van der Waals surface area contributed by atoms with Crippen molar-refractivity contribution in [3.8, 4) is 5.75 Å². The molecule has 0 saturated carbocycles. The highest BCUT2D eigenvalue weighted by molar-refractivity contribution is 5.29. The van der Waals surface area contributed by atoms with E-state index in [-0.39, 0.29) is 11.5 Å². The van der Waals surface area contributed by atoms with E-state index >= 15 is 0 Å². The van der Waals surface area contributed by atoms with Crippen molar-refractivity contribution in [1.29, 1.82) is 0 Å². The third-order valence-electron chi connectivity index (χ3n) is 3.22. The van der Waals surface area contributed by atoms with Gasteiger partial charge in [0.1, 0.15) is 5.75 Å². The molecule has 0 aromatic carbocycles. The average Bonchev–Trinajstić information content (AvgIpc) is 2.34. The zero-order valence-corrected chi connectivity index (χ0v) is 13.0. The molecule has 0 bridgehead atoms. The minimum Gasteiger partial charge on any atom is -0.489 e. The molecule has 19 heavy (non-hydrogen) atoms. The lowest BCUT2D eigenvalue weighted by Crippen LogP contribution is -2.26. The largest absolute Gasteiger partial charge is 0.489 e. The van der Waals surface area contributed by atoms with E-state index < -0.39 is 0 Å². The molecule has 3 heteroatoms. The second-order valence-corrected chi connectivity index (χ2v) is 5.96. The van der Waals surface area contributed by atoms with Gasteiger partial charge in [0.15, 0.2) is 0 Å². The predicted octanol–water partition coefficient (Wildman–Crippen LogP) is 3.54. The highest BCUT2D eigenvalue weighted by Crippen LogP contribution is 2.28. The van der Waals surface area contributed by atoms with Gasteiger partial charge in [0.05, 0.1) is 12.3 Å². The Morgan fingerprint density at radius 3 is 2.63 bits per heavy atom. The highest BCUT2D eigenvalue weighted by Gasteiger charge is 2.21. The summed E-state index contributed by atoms with van der Waals surface area (Å²) < 4.78 is 5.71. The Balaban J connectivity index is 2.65. The van der Waals surface area contributed by atoms with Gasteiger partial charge in [0, 0.05) is 6.20 Å². The molecule has 0 atom stereocenters. The summed E-state index contributed by atoms with van der Waals surface area (Å²) in [6.07, 6.45) is 6.20. The van der Waals surface area contributed by atoms with Crippen LogP contribution in [0.25, 0.3) is 0 Å². The maximum atomic E-state index is 5.71. The number of hydrogen-bond donors (Lipinski definition) is 1. The van der Waals surface area contributed by atoms with E-state index in [1.54, 1.807) is 6.20 Å². The number of aromatic nitrogens is 1. The van der Waals surface area contributed by atoms with Crippen LogP contribution in [-0.2, 0) is 5.41 Å². The van der Waals surface area contributed by atoms with E-state index in [4.69, 9.17) is 4.74 Å². The molecule has 0 aliphatic rings. The molecule has 0 saturated heterocycles. The van der Waals surface area contributed by atoms with Crippen LogP contribution < -0.4 is 10.1 Å². The molecule has 0 unspecified atom stereocenters. The minimum atomic E-state index is 0.115. The monoisotopic (exact) mass is 264 g/mol. The summed E-state index contributed by atoms with van der Waals surface area (Å²) in [6, 6.07) is 2.12. The summed E-state index contributed by atoms with van der Waals surface area (Å²) in [5.41, 5.74) is 1.35. The third kappa shape index (κ3) is 5.60. The Morgan fingerprint density at radius 1 is 1.26 bits per heavy atom. The van der Waals surface area contributed by atoms with Gasteiger partial charge in [-0.1, -0.05) is 20.8 Å². The molecule has 0 spiro atoms. The molecule has 0 fully saturated rings. The summed E-state index contributed by atoms with van der Waals surface area (Å²) in [6.45, 7) is 12.9. The number of nitrogens with zero attached hydrogens (tertiary/aromatic N) is 1. The van der Waals surface area contributed by atoms with Gasteiger partial charge in [-0.25, -0.2) is 0 Å². The molecule has 0 aliphatic heterocycles. The van der Waals surface area contributed by atoms with Crippen LogP contribution in [0.1, 0.15) is 53.0 Å². The normalized spacial score (nSPS) is 11.9. The molecule has 1 heterocycles. The van der Waals surface area contributed by atoms with Crippen molar-refractivity contribution in [2.24, 2.45) is 0 Å². The maximum Gasteiger partial charge on any atom is 0.138 e. The van der Waals surface area contributed by atoms with Gasteiger partial charge in [-0.15, -0.1) is 0 Å². The van der Waals surface area contributed by atoms with Gasteiger partial charge in [0.25, 0.3) is 0 Å². The summed E-state index contributed by atoms with van der Waals surface area (Å²) >= 11 is 0. The molecular formula is C16H28N2O. The second-order valence-electron chi connectivity index (χ2n) is 5.96. The average molecular weight is 264 g/mol. The molecule has 1 aromatic rings. The fourth-order valence-electron chi connectivity index (χ4n) is 1.97. The number of hydrogen-bond acceptors (Lipinski definition) is 3. The lowest BCUT2D eigenvalue weighted by molar-refractivity contribution is 0.240. The number of nitrogens with one attached hydrogen (secondary N) is 1. The molecular weight excluding hydrogens is 236 g/mol. The SMILES string of the molecule is CCCNCCC(C)(C)c1cncc(OC(C)C)c1. The first kappa shape index (κ1) is 16.0. The van der Waals surface area contributed by atoms with E-state index in [1.807, 2.05) is 20.0 Å². The molecule has 1 N–H and O–H groups in total. The zero-order valence-electron chi connectivity index (χ0n) is 13.0. The molecule has 0 radical (unpaired) electrons. The lowest BCUT2D eigenvalue weighted by atomic mass is 9.82. The van der Waals surface area contributed by atoms with Gasteiger partial charge >= 0.3 is 0 Å². The van der Waals surface area contributed by atoms with Gasteiger partial charge in [0.2, 0.25) is 0 Å². The smallest absolute Gasteiger partial charge is 0.138 e. The molecule has 1 aromatic heterocycles. The van der Waals surface area contributed by atoms with Gasteiger partial charge < -0.3 is 10.1 Å². The summed E-state index contributed by atoms with van der Waals surface area (Å²) in [4.78, 5) is 4.30. The summed E-state index contributed by atoms with van der Waals surface area (Å²) in [5, 5.41) is 3.46. The van der Waals surface area contributed by atoms with Crippen molar-refractivity contribution in [1.82, 2.24) is 10.3 Å². The Bertz CT molecular complexity index is 375. The third-order valence-corrected chi connectivity index (χ3v) is 3.22. The quantitative estimate of drug-likeness (QED) is 0.729. The minimum absolute atomic E-state index is 0.115. The first-order valence-electron chi connectivity index (χ1n) is 7.28. The zero-order chi connectivity index (χ0) is 14.3. The van der Waals surface area contributed by atoms with Crippen LogP contribution in [0.2, 0.25) is 0 Å². The van der Waals surface area contributed by atoms with Crippen LogP contribution in [0.15, 0.2) is 18.5 Å². The van der Waals surface area contributed by atoms with Crippen molar-refractivity contribution < 1.29 is 4.74 Å². The molecule has 0 aliphatic carbocycles. The molecule has 1 rings (SSSR count). The Kier molecular flexibility index (Phi) is 6.29. The van der Waals surface area contributed by atoms with Gasteiger partial charge in [-0.05, 0) is 56.8 Å². The van der Waals surface area contributed by atoms with Crippen LogP contribution in [0.4, 0.5) is 0 Å². The van der Waals surface area contributed by atoms with Gasteiger partial charge in [-0.3, -0.25) is 4.98 Å². The van der Waals surface area contributed by atoms with Gasteiger partial charge in [-0.2, -0.15) is 0 Å². The van der Waals surface area contributed by atoms with E-state index in [2.05, 4.69) is 37.1 Å². The number of ether oxygens (including phenoxy) is 1. The van der Waals surface area contributed by atoms with Crippen molar-refractivity contribution >= 4 is 0 Å². The summed E-state index contributed by atoms with van der Waals surface area (Å²) in [5.74, 6) is 0.863. The Labute approximate surface area is 117 Å². The fraction of sp³-hybridized carbons (Fsp3) is 0.688. The second kappa shape index (κ2) is 7.49. The van der Waals surface area contributed by atoms with Crippen molar-refractivity contribution in [3.63, 3.8) is 0 Å². The Morgan fingerprint density at radius 2 is 2.00 bits per heavy atom. The van der Waals surface area contributed by atoms with Crippen molar-refractivity contribution in [3.05, 3.63) is 24.0 Å². The predicted molar refractivity (Wildman–Crippen MR) is 80.8 cm³/mol. The van der Waals surface area contributed by atoms with Crippen LogP contribution in [-0.4, -0.2) is 24.2 Å². The van der Waals surface area contributed by atoms with E-state index in [1.165, 1.54) is 12.0 Å². The number of pyridine rings is 1. The molecule has 108 valence electrons. The Hall–Kier alpha value is -1.09.